The van der Waals surface area contributed by atoms with Gasteiger partial charge in [-0.25, -0.2) is 0 Å². The third-order valence-corrected chi connectivity index (χ3v) is 4.63. The molecule has 0 aromatic heterocycles. The summed E-state index contributed by atoms with van der Waals surface area (Å²) in [5, 5.41) is 3.10. The summed E-state index contributed by atoms with van der Waals surface area (Å²) in [4.78, 5) is 37.9. The second kappa shape index (κ2) is 5.66. The average Bonchev–Trinajstić information content (AvgIpc) is 3.08. The summed E-state index contributed by atoms with van der Waals surface area (Å²) in [7, 11) is 4.29. The predicted molar refractivity (Wildman–Crippen MR) is 79.4 cm³/mol. The third-order valence-electron chi connectivity index (χ3n) is 4.63. The van der Waals surface area contributed by atoms with E-state index in [0.717, 1.165) is 10.5 Å². The van der Waals surface area contributed by atoms with E-state index in [2.05, 4.69) is 5.32 Å². The first-order valence-corrected chi connectivity index (χ1v) is 7.28. The molecule has 3 rings (SSSR count). The molecule has 1 aromatic rings. The molecule has 4 atom stereocenters. The van der Waals surface area contributed by atoms with Crippen LogP contribution in [0, 0.1) is 11.8 Å². The van der Waals surface area contributed by atoms with E-state index < -0.39 is 29.9 Å². The fourth-order valence-corrected chi connectivity index (χ4v) is 3.42. The summed E-state index contributed by atoms with van der Waals surface area (Å²) >= 11 is 0. The minimum Gasteiger partial charge on any atom is -0.497 e. The van der Waals surface area contributed by atoms with E-state index in [1.807, 2.05) is 12.1 Å². The summed E-state index contributed by atoms with van der Waals surface area (Å²) in [6, 6.07) is 5.97. The number of methoxy groups -OCH3 is 2. The quantitative estimate of drug-likeness (QED) is 0.629. The molecule has 2 saturated heterocycles. The molecule has 23 heavy (non-hydrogen) atoms. The highest BCUT2D eigenvalue weighted by molar-refractivity contribution is 6.08. The van der Waals surface area contributed by atoms with Crippen LogP contribution in [0.2, 0.25) is 0 Å². The summed E-state index contributed by atoms with van der Waals surface area (Å²) in [6.45, 7) is 0. The number of esters is 1. The topological polar surface area (TPSA) is 84.9 Å². The van der Waals surface area contributed by atoms with E-state index in [1.165, 1.54) is 14.2 Å². The second-order valence-corrected chi connectivity index (χ2v) is 5.71. The van der Waals surface area contributed by atoms with Crippen LogP contribution in [0.15, 0.2) is 24.3 Å². The Morgan fingerprint density at radius 1 is 1.09 bits per heavy atom. The minimum atomic E-state index is -0.821. The van der Waals surface area contributed by atoms with Crippen LogP contribution in [0.5, 0.6) is 5.75 Å². The first-order chi connectivity index (χ1) is 11.0. The highest BCUT2D eigenvalue weighted by atomic mass is 16.5. The van der Waals surface area contributed by atoms with E-state index in [1.54, 1.807) is 19.2 Å². The van der Waals surface area contributed by atoms with Gasteiger partial charge in [0.2, 0.25) is 11.8 Å². The van der Waals surface area contributed by atoms with Crippen LogP contribution in [0.4, 0.5) is 0 Å². The second-order valence-electron chi connectivity index (χ2n) is 5.71. The van der Waals surface area contributed by atoms with Crippen LogP contribution in [-0.2, 0) is 19.1 Å². The Morgan fingerprint density at radius 2 is 1.70 bits per heavy atom. The summed E-state index contributed by atoms with van der Waals surface area (Å²) in [5.41, 5.74) is 0.823. The molecule has 122 valence electrons. The van der Waals surface area contributed by atoms with Gasteiger partial charge in [0.15, 0.2) is 0 Å². The minimum absolute atomic E-state index is 0.278. The van der Waals surface area contributed by atoms with Crippen molar-refractivity contribution < 1.29 is 23.9 Å². The molecule has 0 unspecified atom stereocenters. The SMILES string of the molecule is COC(=O)[C@@H]1N[C@@H](c2ccc(OC)cc2)[C@@H]2C(=O)N(C)C(=O)[C@@H]21. The van der Waals surface area contributed by atoms with E-state index in [-0.39, 0.29) is 11.8 Å². The Morgan fingerprint density at radius 3 is 2.26 bits per heavy atom. The fourth-order valence-electron chi connectivity index (χ4n) is 3.42. The van der Waals surface area contributed by atoms with Crippen LogP contribution < -0.4 is 10.1 Å². The number of amides is 2. The van der Waals surface area contributed by atoms with Gasteiger partial charge in [0.05, 0.1) is 26.1 Å². The largest absolute Gasteiger partial charge is 0.497 e. The smallest absolute Gasteiger partial charge is 0.323 e. The molecule has 2 amide bonds. The van der Waals surface area contributed by atoms with Crippen molar-refractivity contribution >= 4 is 17.8 Å². The number of fused-ring (bicyclic) bond motifs is 1. The molecular weight excluding hydrogens is 300 g/mol. The van der Waals surface area contributed by atoms with Crippen LogP contribution in [0.1, 0.15) is 11.6 Å². The molecule has 0 saturated carbocycles. The number of hydrogen-bond acceptors (Lipinski definition) is 6. The highest BCUT2D eigenvalue weighted by Crippen LogP contribution is 2.43. The molecule has 0 aliphatic carbocycles. The number of rotatable bonds is 3. The molecule has 0 bridgehead atoms. The molecule has 0 spiro atoms. The molecule has 2 aliphatic rings. The van der Waals surface area contributed by atoms with Gasteiger partial charge in [-0.3, -0.25) is 24.6 Å². The number of likely N-dealkylation sites (tertiary alicyclic amines) is 1. The van der Waals surface area contributed by atoms with Gasteiger partial charge in [-0.2, -0.15) is 0 Å². The number of carbonyl (C=O) groups excluding carboxylic acids is 3. The summed E-state index contributed by atoms with van der Waals surface area (Å²) < 4.78 is 9.91. The number of ether oxygens (including phenoxy) is 2. The Hall–Kier alpha value is -2.41. The first kappa shape index (κ1) is 15.5. The number of benzene rings is 1. The maximum absolute atomic E-state index is 12.4. The summed E-state index contributed by atoms with van der Waals surface area (Å²) in [6.07, 6.45) is 0. The number of hydrogen-bond donors (Lipinski definition) is 1. The maximum atomic E-state index is 12.4. The van der Waals surface area contributed by atoms with Crippen molar-refractivity contribution in [2.24, 2.45) is 11.8 Å². The van der Waals surface area contributed by atoms with Crippen molar-refractivity contribution in [1.29, 1.82) is 0 Å². The van der Waals surface area contributed by atoms with Gasteiger partial charge in [-0.1, -0.05) is 12.1 Å². The maximum Gasteiger partial charge on any atom is 0.323 e. The third kappa shape index (κ3) is 2.28. The lowest BCUT2D eigenvalue weighted by atomic mass is 9.86. The van der Waals surface area contributed by atoms with Crippen molar-refractivity contribution in [3.05, 3.63) is 29.8 Å². The molecule has 1 N–H and O–H groups in total. The standard InChI is InChI=1S/C16H18N2O5/c1-18-14(19)10-11(15(18)20)13(16(21)23-3)17-12(10)8-4-6-9(22-2)7-5-8/h4-7,10-13,17H,1-3H3/t10-,11+,12+,13-/m1/s1. The number of imide groups is 1. The first-order valence-electron chi connectivity index (χ1n) is 7.28. The van der Waals surface area contributed by atoms with Crippen molar-refractivity contribution in [3.8, 4) is 5.75 Å². The van der Waals surface area contributed by atoms with Crippen LogP contribution in [-0.4, -0.2) is 50.0 Å². The lowest BCUT2D eigenvalue weighted by Gasteiger charge is -2.19. The molecule has 7 heteroatoms. The van der Waals surface area contributed by atoms with Crippen LogP contribution >= 0.6 is 0 Å². The zero-order valence-electron chi connectivity index (χ0n) is 13.1. The lowest BCUT2D eigenvalue weighted by Crippen LogP contribution is -2.42. The van der Waals surface area contributed by atoms with Gasteiger partial charge in [0.1, 0.15) is 11.8 Å². The predicted octanol–water partition coefficient (Wildman–Crippen LogP) is 0.112. The lowest BCUT2D eigenvalue weighted by molar-refractivity contribution is -0.147. The van der Waals surface area contributed by atoms with Crippen molar-refractivity contribution in [2.75, 3.05) is 21.3 Å². The molecule has 2 fully saturated rings. The molecule has 2 aliphatic heterocycles. The van der Waals surface area contributed by atoms with Gasteiger partial charge >= 0.3 is 5.97 Å². The van der Waals surface area contributed by atoms with E-state index >= 15 is 0 Å². The van der Waals surface area contributed by atoms with Crippen molar-refractivity contribution in [3.63, 3.8) is 0 Å². The Labute approximate surface area is 133 Å². The van der Waals surface area contributed by atoms with Gasteiger partial charge in [0, 0.05) is 13.1 Å². The van der Waals surface area contributed by atoms with Gasteiger partial charge in [-0.05, 0) is 17.7 Å². The van der Waals surface area contributed by atoms with E-state index in [0.29, 0.717) is 5.75 Å². The van der Waals surface area contributed by atoms with Crippen LogP contribution in [0.25, 0.3) is 0 Å². The fraction of sp³-hybridized carbons (Fsp3) is 0.438. The molecule has 1 aromatic carbocycles. The number of nitrogens with zero attached hydrogens (tertiary/aromatic N) is 1. The molecule has 0 radical (unpaired) electrons. The zero-order chi connectivity index (χ0) is 16.7. The monoisotopic (exact) mass is 318 g/mol. The Balaban J connectivity index is 1.98. The van der Waals surface area contributed by atoms with Crippen molar-refractivity contribution in [1.82, 2.24) is 10.2 Å². The number of nitrogens with one attached hydrogen (secondary N) is 1. The number of carbonyl (C=O) groups is 3. The summed E-state index contributed by atoms with van der Waals surface area (Å²) in [5.74, 6) is -1.80. The normalized spacial score (nSPS) is 29.6. The zero-order valence-corrected chi connectivity index (χ0v) is 13.1. The highest BCUT2D eigenvalue weighted by Gasteiger charge is 2.60. The Kier molecular flexibility index (Phi) is 3.81. The van der Waals surface area contributed by atoms with Gasteiger partial charge < -0.3 is 9.47 Å². The Bertz CT molecular complexity index is 657. The molecular formula is C16H18N2O5. The molecule has 7 nitrogen and oxygen atoms in total. The van der Waals surface area contributed by atoms with Gasteiger partial charge in [-0.15, -0.1) is 0 Å². The van der Waals surface area contributed by atoms with Crippen LogP contribution in [0.3, 0.4) is 0 Å². The van der Waals surface area contributed by atoms with E-state index in [9.17, 15) is 14.4 Å². The average molecular weight is 318 g/mol. The van der Waals surface area contributed by atoms with Crippen molar-refractivity contribution in [2.45, 2.75) is 12.1 Å². The van der Waals surface area contributed by atoms with Gasteiger partial charge in [0.25, 0.3) is 0 Å². The van der Waals surface area contributed by atoms with E-state index in [4.69, 9.17) is 9.47 Å². The molecule has 2 heterocycles.